The molecule has 2 N–H and O–H groups in total. The molecule has 0 aliphatic heterocycles. The molecule has 0 aromatic carbocycles. The number of nitrogens with zero attached hydrogens (tertiary/aromatic N) is 2. The van der Waals surface area contributed by atoms with Gasteiger partial charge in [0.05, 0.1) is 31.7 Å². The van der Waals surface area contributed by atoms with Gasteiger partial charge >= 0.3 is 54.2 Å². The first-order chi connectivity index (χ1) is 17.1. The van der Waals surface area contributed by atoms with E-state index in [1.807, 2.05) is 0 Å². The van der Waals surface area contributed by atoms with Crippen LogP contribution >= 0.6 is 0 Å². The van der Waals surface area contributed by atoms with E-state index in [0.29, 0.717) is 5.69 Å². The third kappa shape index (κ3) is 16.1. The van der Waals surface area contributed by atoms with E-state index in [1.165, 1.54) is 38.3 Å². The molecule has 0 spiro atoms. The Hall–Kier alpha value is -2.70. The van der Waals surface area contributed by atoms with Crippen molar-refractivity contribution in [3.63, 3.8) is 0 Å². The van der Waals surface area contributed by atoms with Gasteiger partial charge in [0.2, 0.25) is 0 Å². The molecule has 0 saturated carbocycles. The summed E-state index contributed by atoms with van der Waals surface area (Å²) >= 11 is 0. The number of carboxylic acids is 1. The third-order valence-electron chi connectivity index (χ3n) is 3.90. The molecule has 0 radical (unpaired) electrons. The van der Waals surface area contributed by atoms with E-state index < -0.39 is 37.9 Å². The molecule has 0 bridgehead atoms. The van der Waals surface area contributed by atoms with E-state index in [-0.39, 0.29) is 76.8 Å². The van der Waals surface area contributed by atoms with Gasteiger partial charge in [0.1, 0.15) is 36.1 Å². The molecule has 2 aromatic rings. The summed E-state index contributed by atoms with van der Waals surface area (Å²) in [5.74, 6) is -1.30. The van der Waals surface area contributed by atoms with Crippen molar-refractivity contribution < 1.29 is 99.8 Å². The molecular weight excluding hydrogens is 561 g/mol. The van der Waals surface area contributed by atoms with Crippen molar-refractivity contribution >= 4 is 11.9 Å². The topological polar surface area (TPSA) is 156 Å². The number of aryl methyl sites for hydroxylation is 2. The number of carbonyl (C=O) groups is 2. The zero-order valence-electron chi connectivity index (χ0n) is 21.1. The largest absolute Gasteiger partial charge is 1.00 e. The Bertz CT molecular complexity index is 1060. The van der Waals surface area contributed by atoms with Gasteiger partial charge in [0.15, 0.2) is 0 Å². The molecule has 0 atom stereocenters. The van der Waals surface area contributed by atoms with Gasteiger partial charge in [-0.1, -0.05) is 0 Å². The van der Waals surface area contributed by atoms with Gasteiger partial charge in [-0.15, -0.1) is 26.3 Å². The van der Waals surface area contributed by atoms with Crippen LogP contribution in [0.3, 0.4) is 0 Å². The monoisotopic (exact) mass is 584 g/mol. The Balaban J connectivity index is 0. The Kier molecular flexibility index (Phi) is 17.5. The maximum absolute atomic E-state index is 11.7. The molecule has 2 rings (SSSR count). The molecule has 0 aliphatic rings. The number of hydrogen-bond donors (Lipinski definition) is 1. The summed E-state index contributed by atoms with van der Waals surface area (Å²) in [7, 11) is 1.22. The normalized spacial score (nSPS) is 10.7. The minimum absolute atomic E-state index is 0. The van der Waals surface area contributed by atoms with Crippen LogP contribution in [-0.2, 0) is 14.2 Å². The molecule has 2 heterocycles. The summed E-state index contributed by atoms with van der Waals surface area (Å²) in [6, 6.07) is 5.33. The Morgan fingerprint density at radius 1 is 0.769 bits per heavy atom. The number of methoxy groups -OCH3 is 1. The smallest absolute Gasteiger partial charge is 0.870 e. The number of pyridine rings is 2. The Labute approximate surface area is 240 Å². The average Bonchev–Trinajstić information content (AvgIpc) is 2.79. The second-order valence-electron chi connectivity index (χ2n) is 6.64. The molecule has 0 unspecified atom stereocenters. The molecule has 18 heteroatoms. The fourth-order valence-corrected chi connectivity index (χ4v) is 2.36. The quantitative estimate of drug-likeness (QED) is 0.183. The van der Waals surface area contributed by atoms with E-state index in [9.17, 15) is 35.9 Å². The van der Waals surface area contributed by atoms with Crippen molar-refractivity contribution in [1.82, 2.24) is 9.97 Å². The van der Waals surface area contributed by atoms with Crippen LogP contribution in [0.5, 0.6) is 11.5 Å². The van der Waals surface area contributed by atoms with Crippen LogP contribution in [0.15, 0.2) is 24.3 Å². The van der Waals surface area contributed by atoms with Crippen molar-refractivity contribution in [2.45, 2.75) is 26.6 Å². The van der Waals surface area contributed by atoms with Crippen molar-refractivity contribution in [1.29, 1.82) is 0 Å². The van der Waals surface area contributed by atoms with Crippen molar-refractivity contribution in [2.75, 3.05) is 33.5 Å². The average molecular weight is 584 g/mol. The van der Waals surface area contributed by atoms with Crippen molar-refractivity contribution in [2.24, 2.45) is 0 Å². The first-order valence-electron chi connectivity index (χ1n) is 10.1. The maximum Gasteiger partial charge on any atom is 1.00 e. The number of aromatic nitrogens is 2. The van der Waals surface area contributed by atoms with Gasteiger partial charge in [-0.2, -0.15) is 0 Å². The number of halogens is 6. The molecule has 11 nitrogen and oxygen atoms in total. The van der Waals surface area contributed by atoms with Crippen LogP contribution < -0.4 is 39.0 Å². The summed E-state index contributed by atoms with van der Waals surface area (Å²) < 4.78 is 91.6. The third-order valence-corrected chi connectivity index (χ3v) is 3.90. The first kappa shape index (κ1) is 38.4. The van der Waals surface area contributed by atoms with E-state index >= 15 is 0 Å². The van der Waals surface area contributed by atoms with Crippen LogP contribution in [0.4, 0.5) is 26.3 Å². The van der Waals surface area contributed by atoms with Gasteiger partial charge < -0.3 is 24.8 Å². The number of aromatic carboxylic acids is 1. The number of esters is 1. The second kappa shape index (κ2) is 17.8. The molecule has 2 aromatic heterocycles. The maximum atomic E-state index is 11.7. The minimum Gasteiger partial charge on any atom is -0.870 e. The summed E-state index contributed by atoms with van der Waals surface area (Å²) in [5, 5.41) is 8.66. The van der Waals surface area contributed by atoms with Crippen LogP contribution in [-0.4, -0.2) is 78.8 Å². The summed E-state index contributed by atoms with van der Waals surface area (Å²) in [6.07, 6.45) is -9.37. The van der Waals surface area contributed by atoms with Gasteiger partial charge in [-0.25, -0.2) is 19.6 Å². The zero-order chi connectivity index (χ0) is 28.2. The molecule has 0 fully saturated rings. The number of carbonyl (C=O) groups excluding carboxylic acids is 1. The predicted molar refractivity (Wildman–Crippen MR) is 113 cm³/mol. The Morgan fingerprint density at radius 2 is 1.15 bits per heavy atom. The van der Waals surface area contributed by atoms with Crippen LogP contribution in [0.2, 0.25) is 0 Å². The van der Waals surface area contributed by atoms with Gasteiger partial charge in [0, 0.05) is 0 Å². The number of carboxylic acid groups (broad SMARTS) is 1. The molecule has 0 saturated heterocycles. The number of ether oxygens (including phenoxy) is 5. The molecule has 214 valence electrons. The van der Waals surface area contributed by atoms with Crippen LogP contribution in [0, 0.1) is 13.8 Å². The van der Waals surface area contributed by atoms with E-state index in [4.69, 9.17) is 14.6 Å². The van der Waals surface area contributed by atoms with Gasteiger partial charge in [0.25, 0.3) is 0 Å². The SMILES string of the molecule is COC(=O)c1ccc(OCCOC(F)(F)F)c(C)n1.Cc1nc(C(=O)O)ccc1OCCOC(F)(F)F.[Na+].[OH-]. The molecule has 0 aliphatic carbocycles. The van der Waals surface area contributed by atoms with Crippen molar-refractivity contribution in [3.05, 3.63) is 47.0 Å². The zero-order valence-corrected chi connectivity index (χ0v) is 23.1. The molecule has 0 amide bonds. The van der Waals surface area contributed by atoms with Crippen molar-refractivity contribution in [3.8, 4) is 11.5 Å². The fourth-order valence-electron chi connectivity index (χ4n) is 2.36. The summed E-state index contributed by atoms with van der Waals surface area (Å²) in [6.45, 7) is 1.19. The standard InChI is InChI=1S/C11H12F3NO4.C10H10F3NO4.Na.H2O/c1-7-9(18-5-6-19-11(12,13)14)4-3-8(15-7)10(16)17-2;1-6-8(3-2-7(14-6)9(15)16)17-4-5-18-10(11,12)13;;/h3-4H,5-6H2,1-2H3;2-3H,4-5H2,1H3,(H,15,16);;1H2/q;;+1;/p-1. The van der Waals surface area contributed by atoms with Gasteiger partial charge in [-0.05, 0) is 38.1 Å². The predicted octanol–water partition coefficient (Wildman–Crippen LogP) is 0.922. The van der Waals surface area contributed by atoms with E-state index in [1.54, 1.807) is 6.92 Å². The summed E-state index contributed by atoms with van der Waals surface area (Å²) in [4.78, 5) is 29.4. The van der Waals surface area contributed by atoms with Gasteiger partial charge in [-0.3, -0.25) is 9.47 Å². The molecule has 39 heavy (non-hydrogen) atoms. The second-order valence-corrected chi connectivity index (χ2v) is 6.64. The minimum atomic E-state index is -4.69. The van der Waals surface area contributed by atoms with E-state index in [0.717, 1.165) is 0 Å². The number of rotatable bonds is 10. The Morgan fingerprint density at radius 3 is 1.49 bits per heavy atom. The first-order valence-corrected chi connectivity index (χ1v) is 10.1. The summed E-state index contributed by atoms with van der Waals surface area (Å²) in [5.41, 5.74) is 0.585. The van der Waals surface area contributed by atoms with E-state index in [2.05, 4.69) is 24.2 Å². The van der Waals surface area contributed by atoms with Crippen LogP contribution in [0.25, 0.3) is 0 Å². The fraction of sp³-hybridized carbons (Fsp3) is 0.429. The number of hydrogen-bond acceptors (Lipinski definition) is 10. The molecular formula is C21H23F6N2NaO9. The van der Waals surface area contributed by atoms with Crippen LogP contribution in [0.1, 0.15) is 32.4 Å². The number of alkyl halides is 6.